The summed E-state index contributed by atoms with van der Waals surface area (Å²) < 4.78 is 0. The van der Waals surface area contributed by atoms with Gasteiger partial charge in [-0.3, -0.25) is 0 Å². The van der Waals surface area contributed by atoms with Crippen LogP contribution in [0, 0.1) is 0 Å². The third-order valence-corrected chi connectivity index (χ3v) is 4.30. The maximum Gasteiger partial charge on any atom is 0.352 e. The number of fused-ring (bicyclic) bond motifs is 1. The summed E-state index contributed by atoms with van der Waals surface area (Å²) in [7, 11) is 0. The van der Waals surface area contributed by atoms with E-state index < -0.39 is 5.97 Å². The second kappa shape index (κ2) is 4.94. The molecule has 1 aromatic heterocycles. The molecule has 4 nitrogen and oxygen atoms in total. The standard InChI is InChI=1S/C16H20N2O2/c1-10(2)18-6-5-12(9-18)11-3-4-14-13(7-11)8-15(17-14)16(19)20/h3-4,7-8,10,12,17H,5-6,9H2,1-2H3,(H,19,20). The van der Waals surface area contributed by atoms with E-state index in [1.807, 2.05) is 6.07 Å². The van der Waals surface area contributed by atoms with Crippen molar-refractivity contribution >= 4 is 16.9 Å². The Morgan fingerprint density at radius 3 is 2.85 bits per heavy atom. The fourth-order valence-electron chi connectivity index (χ4n) is 3.05. The molecule has 106 valence electrons. The van der Waals surface area contributed by atoms with E-state index in [2.05, 4.69) is 35.9 Å². The highest BCUT2D eigenvalue weighted by Gasteiger charge is 2.25. The number of nitrogens with one attached hydrogen (secondary N) is 1. The zero-order valence-electron chi connectivity index (χ0n) is 11.9. The van der Waals surface area contributed by atoms with Gasteiger partial charge in [-0.25, -0.2) is 4.79 Å². The highest BCUT2D eigenvalue weighted by molar-refractivity contribution is 5.93. The summed E-state index contributed by atoms with van der Waals surface area (Å²) in [5.74, 6) is -0.348. The van der Waals surface area contributed by atoms with Crippen LogP contribution in [0.2, 0.25) is 0 Å². The van der Waals surface area contributed by atoms with Gasteiger partial charge in [-0.05, 0) is 56.5 Å². The first-order valence-electron chi connectivity index (χ1n) is 7.14. The first-order chi connectivity index (χ1) is 9.54. The highest BCUT2D eigenvalue weighted by atomic mass is 16.4. The van der Waals surface area contributed by atoms with Crippen LogP contribution in [0.3, 0.4) is 0 Å². The molecule has 2 heterocycles. The first-order valence-corrected chi connectivity index (χ1v) is 7.14. The van der Waals surface area contributed by atoms with E-state index in [9.17, 15) is 4.79 Å². The van der Waals surface area contributed by atoms with E-state index in [-0.39, 0.29) is 5.69 Å². The molecule has 0 amide bonds. The first kappa shape index (κ1) is 13.2. The Morgan fingerprint density at radius 2 is 2.20 bits per heavy atom. The molecule has 1 unspecified atom stereocenters. The van der Waals surface area contributed by atoms with Gasteiger partial charge in [-0.1, -0.05) is 6.07 Å². The third kappa shape index (κ3) is 2.31. The van der Waals surface area contributed by atoms with Crippen LogP contribution >= 0.6 is 0 Å². The van der Waals surface area contributed by atoms with Crippen molar-refractivity contribution < 1.29 is 9.90 Å². The average Bonchev–Trinajstić information content (AvgIpc) is 3.04. The van der Waals surface area contributed by atoms with Crippen molar-refractivity contribution in [3.05, 3.63) is 35.5 Å². The number of nitrogens with zero attached hydrogens (tertiary/aromatic N) is 1. The molecule has 1 saturated heterocycles. The van der Waals surface area contributed by atoms with Crippen LogP contribution < -0.4 is 0 Å². The van der Waals surface area contributed by atoms with E-state index in [0.29, 0.717) is 12.0 Å². The number of aromatic amines is 1. The molecule has 0 spiro atoms. The molecule has 1 aliphatic heterocycles. The number of carbonyl (C=O) groups is 1. The minimum absolute atomic E-state index is 0.257. The summed E-state index contributed by atoms with van der Waals surface area (Å²) >= 11 is 0. The maximum absolute atomic E-state index is 11.0. The van der Waals surface area contributed by atoms with Gasteiger partial charge in [0.05, 0.1) is 0 Å². The van der Waals surface area contributed by atoms with Crippen LogP contribution in [0.1, 0.15) is 42.2 Å². The van der Waals surface area contributed by atoms with Crippen molar-refractivity contribution in [2.45, 2.75) is 32.2 Å². The van der Waals surface area contributed by atoms with Gasteiger partial charge in [0.15, 0.2) is 0 Å². The Bertz CT molecular complexity index is 645. The Hall–Kier alpha value is -1.81. The summed E-state index contributed by atoms with van der Waals surface area (Å²) in [5.41, 5.74) is 2.47. The number of carboxylic acids is 1. The number of rotatable bonds is 3. The SMILES string of the molecule is CC(C)N1CCC(c2ccc3[nH]c(C(=O)O)cc3c2)C1. The van der Waals surface area contributed by atoms with Crippen LogP contribution in [0.5, 0.6) is 0 Å². The summed E-state index contributed by atoms with van der Waals surface area (Å²) in [5, 5.41) is 10.0. The molecule has 0 saturated carbocycles. The van der Waals surface area contributed by atoms with E-state index in [4.69, 9.17) is 5.11 Å². The molecule has 0 radical (unpaired) electrons. The second-order valence-corrected chi connectivity index (χ2v) is 5.91. The van der Waals surface area contributed by atoms with Gasteiger partial charge in [-0.15, -0.1) is 0 Å². The smallest absolute Gasteiger partial charge is 0.352 e. The predicted molar refractivity (Wildman–Crippen MR) is 79.3 cm³/mol. The average molecular weight is 272 g/mol. The van der Waals surface area contributed by atoms with Crippen LogP contribution in [-0.4, -0.2) is 40.1 Å². The second-order valence-electron chi connectivity index (χ2n) is 5.91. The molecule has 1 aliphatic rings. The van der Waals surface area contributed by atoms with Gasteiger partial charge in [-0.2, -0.15) is 0 Å². The number of H-pyrrole nitrogens is 1. The fraction of sp³-hybridized carbons (Fsp3) is 0.438. The molecule has 20 heavy (non-hydrogen) atoms. The largest absolute Gasteiger partial charge is 0.477 e. The van der Waals surface area contributed by atoms with Crippen molar-refractivity contribution in [2.24, 2.45) is 0 Å². The predicted octanol–water partition coefficient (Wildman–Crippen LogP) is 3.06. The quantitative estimate of drug-likeness (QED) is 0.903. The van der Waals surface area contributed by atoms with Crippen molar-refractivity contribution in [2.75, 3.05) is 13.1 Å². The van der Waals surface area contributed by atoms with Crippen LogP contribution in [-0.2, 0) is 0 Å². The topological polar surface area (TPSA) is 56.3 Å². The molecular weight excluding hydrogens is 252 g/mol. The Balaban J connectivity index is 1.88. The monoisotopic (exact) mass is 272 g/mol. The molecule has 1 fully saturated rings. The van der Waals surface area contributed by atoms with E-state index in [1.54, 1.807) is 6.07 Å². The molecule has 4 heteroatoms. The number of carboxylic acid groups (broad SMARTS) is 1. The molecule has 3 rings (SSSR count). The lowest BCUT2D eigenvalue weighted by atomic mass is 9.97. The molecule has 0 bridgehead atoms. The molecule has 2 aromatic rings. The normalized spacial score (nSPS) is 20.1. The summed E-state index contributed by atoms with van der Waals surface area (Å²) in [6.45, 7) is 6.71. The van der Waals surface area contributed by atoms with Crippen molar-refractivity contribution in [3.63, 3.8) is 0 Å². The van der Waals surface area contributed by atoms with Crippen LogP contribution in [0.25, 0.3) is 10.9 Å². The minimum Gasteiger partial charge on any atom is -0.477 e. The van der Waals surface area contributed by atoms with Gasteiger partial charge in [0.25, 0.3) is 0 Å². The van der Waals surface area contributed by atoms with E-state index in [0.717, 1.165) is 24.0 Å². The van der Waals surface area contributed by atoms with Gasteiger partial charge >= 0.3 is 5.97 Å². The zero-order valence-corrected chi connectivity index (χ0v) is 11.9. The van der Waals surface area contributed by atoms with Gasteiger partial charge in [0, 0.05) is 23.5 Å². The molecule has 1 aromatic carbocycles. The van der Waals surface area contributed by atoms with Gasteiger partial charge < -0.3 is 15.0 Å². The van der Waals surface area contributed by atoms with Crippen LogP contribution in [0.15, 0.2) is 24.3 Å². The third-order valence-electron chi connectivity index (χ3n) is 4.30. The van der Waals surface area contributed by atoms with Crippen molar-refractivity contribution in [3.8, 4) is 0 Å². The number of hydrogen-bond donors (Lipinski definition) is 2. The summed E-state index contributed by atoms with van der Waals surface area (Å²) in [4.78, 5) is 16.4. The van der Waals surface area contributed by atoms with Crippen molar-refractivity contribution in [1.29, 1.82) is 0 Å². The number of benzene rings is 1. The molecule has 0 aliphatic carbocycles. The number of likely N-dealkylation sites (tertiary alicyclic amines) is 1. The van der Waals surface area contributed by atoms with Crippen molar-refractivity contribution in [1.82, 2.24) is 9.88 Å². The van der Waals surface area contributed by atoms with Crippen LogP contribution in [0.4, 0.5) is 0 Å². The molecule has 1 atom stereocenters. The lowest BCUT2D eigenvalue weighted by Crippen LogP contribution is -2.27. The number of aromatic carboxylic acids is 1. The number of aromatic nitrogens is 1. The Kier molecular flexibility index (Phi) is 3.26. The van der Waals surface area contributed by atoms with E-state index >= 15 is 0 Å². The lowest BCUT2D eigenvalue weighted by molar-refractivity contribution is 0.0691. The Morgan fingerprint density at radius 1 is 1.40 bits per heavy atom. The Labute approximate surface area is 118 Å². The van der Waals surface area contributed by atoms with E-state index in [1.165, 1.54) is 12.0 Å². The maximum atomic E-state index is 11.0. The minimum atomic E-state index is -0.908. The number of hydrogen-bond acceptors (Lipinski definition) is 2. The molecular formula is C16H20N2O2. The highest BCUT2D eigenvalue weighted by Crippen LogP contribution is 2.30. The van der Waals surface area contributed by atoms with Gasteiger partial charge in [0.2, 0.25) is 0 Å². The zero-order chi connectivity index (χ0) is 14.3. The summed E-state index contributed by atoms with van der Waals surface area (Å²) in [6, 6.07) is 8.56. The van der Waals surface area contributed by atoms with Gasteiger partial charge in [0.1, 0.15) is 5.69 Å². The lowest BCUT2D eigenvalue weighted by Gasteiger charge is -2.20. The molecule has 2 N–H and O–H groups in total. The fourth-order valence-corrected chi connectivity index (χ4v) is 3.05. The summed E-state index contributed by atoms with van der Waals surface area (Å²) in [6.07, 6.45) is 1.18.